The maximum absolute atomic E-state index is 12.9. The number of nitrogens with two attached hydrogens (primary N) is 1. The SMILES string of the molecule is Nc1n[nH]c2cc(-c3nc(C(Cc4ccccc4)NC(=O)CSc4cccc(Cl)c4)[nH]c3Cl)ccc12. The number of H-pyrrole nitrogens is 2. The molecule has 182 valence electrons. The molecule has 3 aromatic carbocycles. The van der Waals surface area contributed by atoms with Gasteiger partial charge in [0.25, 0.3) is 0 Å². The first kappa shape index (κ1) is 24.2. The minimum Gasteiger partial charge on any atom is -0.382 e. The van der Waals surface area contributed by atoms with Gasteiger partial charge in [-0.15, -0.1) is 11.8 Å². The summed E-state index contributed by atoms with van der Waals surface area (Å²) in [5.74, 6) is 1.13. The largest absolute Gasteiger partial charge is 0.382 e. The third-order valence-corrected chi connectivity index (χ3v) is 7.16. The van der Waals surface area contributed by atoms with E-state index >= 15 is 0 Å². The number of benzene rings is 3. The van der Waals surface area contributed by atoms with Gasteiger partial charge in [0.2, 0.25) is 5.91 Å². The monoisotopic (exact) mass is 536 g/mol. The van der Waals surface area contributed by atoms with Gasteiger partial charge in [-0.05, 0) is 42.3 Å². The zero-order valence-corrected chi connectivity index (χ0v) is 21.3. The van der Waals surface area contributed by atoms with Crippen molar-refractivity contribution in [2.24, 2.45) is 0 Å². The molecule has 36 heavy (non-hydrogen) atoms. The number of fused-ring (bicyclic) bond motifs is 1. The van der Waals surface area contributed by atoms with E-state index in [-0.39, 0.29) is 11.7 Å². The number of carbonyl (C=O) groups is 1. The highest BCUT2D eigenvalue weighted by atomic mass is 35.5. The van der Waals surface area contributed by atoms with Gasteiger partial charge >= 0.3 is 0 Å². The number of amides is 1. The number of thioether (sulfide) groups is 1. The average molecular weight is 537 g/mol. The lowest BCUT2D eigenvalue weighted by atomic mass is 10.1. The maximum atomic E-state index is 12.9. The molecule has 1 unspecified atom stereocenters. The number of hydrogen-bond donors (Lipinski definition) is 4. The van der Waals surface area contributed by atoms with Crippen LogP contribution in [-0.4, -0.2) is 31.8 Å². The molecule has 1 amide bonds. The minimum absolute atomic E-state index is 0.121. The van der Waals surface area contributed by atoms with E-state index in [0.29, 0.717) is 33.9 Å². The van der Waals surface area contributed by atoms with Crippen LogP contribution in [-0.2, 0) is 11.2 Å². The normalized spacial score (nSPS) is 12.1. The van der Waals surface area contributed by atoms with E-state index < -0.39 is 6.04 Å². The summed E-state index contributed by atoms with van der Waals surface area (Å²) >= 11 is 14.1. The first-order chi connectivity index (χ1) is 17.5. The van der Waals surface area contributed by atoms with Crippen LogP contribution in [0.1, 0.15) is 17.4 Å². The van der Waals surface area contributed by atoms with E-state index in [9.17, 15) is 4.79 Å². The molecule has 0 aliphatic carbocycles. The van der Waals surface area contributed by atoms with Crippen LogP contribution >= 0.6 is 35.0 Å². The molecule has 0 aliphatic heterocycles. The first-order valence-electron chi connectivity index (χ1n) is 11.2. The van der Waals surface area contributed by atoms with Gasteiger partial charge in [0.05, 0.1) is 17.3 Å². The molecule has 0 bridgehead atoms. The Hall–Kier alpha value is -3.46. The van der Waals surface area contributed by atoms with Crippen LogP contribution in [0.3, 0.4) is 0 Å². The highest BCUT2D eigenvalue weighted by Gasteiger charge is 2.22. The average Bonchev–Trinajstić information content (AvgIpc) is 3.45. The smallest absolute Gasteiger partial charge is 0.230 e. The molecule has 2 heterocycles. The van der Waals surface area contributed by atoms with E-state index in [2.05, 4.69) is 20.5 Å². The topological polar surface area (TPSA) is 112 Å². The number of rotatable bonds is 8. The van der Waals surface area contributed by atoms with E-state index in [4.69, 9.17) is 33.9 Å². The predicted octanol–water partition coefficient (Wildman–Crippen LogP) is 6.03. The van der Waals surface area contributed by atoms with E-state index in [1.165, 1.54) is 11.8 Å². The molecular weight excluding hydrogens is 515 g/mol. The maximum Gasteiger partial charge on any atom is 0.230 e. The van der Waals surface area contributed by atoms with Gasteiger partial charge in [0, 0.05) is 20.9 Å². The molecule has 0 spiro atoms. The van der Waals surface area contributed by atoms with Gasteiger partial charge in [-0.2, -0.15) is 5.10 Å². The van der Waals surface area contributed by atoms with Crippen molar-refractivity contribution in [1.82, 2.24) is 25.5 Å². The van der Waals surface area contributed by atoms with Gasteiger partial charge < -0.3 is 16.0 Å². The number of halogens is 2. The number of hydrogen-bond acceptors (Lipinski definition) is 5. The van der Waals surface area contributed by atoms with Crippen molar-refractivity contribution in [3.63, 3.8) is 0 Å². The Balaban J connectivity index is 1.39. The predicted molar refractivity (Wildman–Crippen MR) is 146 cm³/mol. The van der Waals surface area contributed by atoms with Crippen molar-refractivity contribution in [2.45, 2.75) is 17.4 Å². The van der Waals surface area contributed by atoms with Crippen LogP contribution in [0.2, 0.25) is 10.2 Å². The molecule has 0 aliphatic rings. The van der Waals surface area contributed by atoms with Crippen molar-refractivity contribution >= 4 is 57.6 Å². The Kier molecular flexibility index (Phi) is 7.18. The number of anilines is 1. The van der Waals surface area contributed by atoms with Crippen molar-refractivity contribution in [1.29, 1.82) is 0 Å². The van der Waals surface area contributed by atoms with Crippen molar-refractivity contribution in [2.75, 3.05) is 11.5 Å². The van der Waals surface area contributed by atoms with Crippen LogP contribution in [0.15, 0.2) is 77.7 Å². The standard InChI is InChI=1S/C26H22Cl2N6OS/c27-17-7-4-8-18(13-17)36-14-22(35)30-21(11-15-5-2-1-3-6-15)26-31-23(24(28)32-26)16-9-10-19-20(12-16)33-34-25(19)29/h1-10,12-13,21H,11,14H2,(H,30,35)(H,31,32)(H3,29,33,34). The zero-order chi connectivity index (χ0) is 25.1. The number of nitrogens with one attached hydrogen (secondary N) is 3. The second kappa shape index (κ2) is 10.7. The number of nitrogen functional groups attached to an aromatic ring is 1. The lowest BCUT2D eigenvalue weighted by molar-refractivity contribution is -0.119. The Labute approximate surface area is 221 Å². The van der Waals surface area contributed by atoms with Crippen LogP contribution in [0.4, 0.5) is 5.82 Å². The van der Waals surface area contributed by atoms with Gasteiger partial charge in [-0.25, -0.2) is 4.98 Å². The summed E-state index contributed by atoms with van der Waals surface area (Å²) in [4.78, 5) is 21.8. The van der Waals surface area contributed by atoms with E-state index in [1.54, 1.807) is 6.07 Å². The number of aromatic nitrogens is 4. The molecule has 10 heteroatoms. The lowest BCUT2D eigenvalue weighted by Crippen LogP contribution is -2.32. The van der Waals surface area contributed by atoms with Gasteiger partial charge in [-0.1, -0.05) is 65.7 Å². The Morgan fingerprint density at radius 2 is 1.89 bits per heavy atom. The summed E-state index contributed by atoms with van der Waals surface area (Å²) in [6.45, 7) is 0. The summed E-state index contributed by atoms with van der Waals surface area (Å²) in [6.07, 6.45) is 0.549. The highest BCUT2D eigenvalue weighted by molar-refractivity contribution is 8.00. The molecule has 5 N–H and O–H groups in total. The molecule has 0 saturated heterocycles. The molecule has 5 rings (SSSR count). The Bertz CT molecular complexity index is 1520. The summed E-state index contributed by atoms with van der Waals surface area (Å²) in [5, 5.41) is 11.9. The fourth-order valence-electron chi connectivity index (χ4n) is 3.92. The van der Waals surface area contributed by atoms with Crippen LogP contribution in [0.5, 0.6) is 0 Å². The number of imidazole rings is 1. The first-order valence-corrected chi connectivity index (χ1v) is 12.9. The number of aromatic amines is 2. The van der Waals surface area contributed by atoms with Crippen LogP contribution in [0, 0.1) is 0 Å². The summed E-state index contributed by atoms with van der Waals surface area (Å²) in [7, 11) is 0. The molecule has 0 saturated carbocycles. The van der Waals surface area contributed by atoms with Gasteiger partial charge in [-0.3, -0.25) is 9.89 Å². The van der Waals surface area contributed by atoms with E-state index in [0.717, 1.165) is 26.9 Å². The molecule has 2 aromatic heterocycles. The summed E-state index contributed by atoms with van der Waals surface area (Å²) in [6, 6.07) is 22.6. The molecule has 7 nitrogen and oxygen atoms in total. The minimum atomic E-state index is -0.405. The Morgan fingerprint density at radius 3 is 2.69 bits per heavy atom. The Morgan fingerprint density at radius 1 is 1.06 bits per heavy atom. The lowest BCUT2D eigenvalue weighted by Gasteiger charge is -2.17. The van der Waals surface area contributed by atoms with Crippen molar-refractivity contribution in [3.8, 4) is 11.3 Å². The fraction of sp³-hybridized carbons (Fsp3) is 0.115. The van der Waals surface area contributed by atoms with Gasteiger partial charge in [0.1, 0.15) is 16.7 Å². The molecule has 1 atom stereocenters. The van der Waals surface area contributed by atoms with Crippen LogP contribution in [0.25, 0.3) is 22.2 Å². The molecular formula is C26H22Cl2N6OS. The van der Waals surface area contributed by atoms with Crippen molar-refractivity contribution < 1.29 is 4.79 Å². The fourth-order valence-corrected chi connectivity index (χ4v) is 5.19. The molecule has 0 radical (unpaired) electrons. The molecule has 5 aromatic rings. The number of carbonyl (C=O) groups excluding carboxylic acids is 1. The van der Waals surface area contributed by atoms with Crippen LogP contribution < -0.4 is 11.1 Å². The third-order valence-electron chi connectivity index (χ3n) is 5.66. The summed E-state index contributed by atoms with van der Waals surface area (Å²) < 4.78 is 0. The molecule has 0 fully saturated rings. The van der Waals surface area contributed by atoms with E-state index in [1.807, 2.05) is 66.7 Å². The summed E-state index contributed by atoms with van der Waals surface area (Å²) in [5.41, 5.74) is 9.13. The quantitative estimate of drug-likeness (QED) is 0.181. The highest BCUT2D eigenvalue weighted by Crippen LogP contribution is 2.31. The van der Waals surface area contributed by atoms with Crippen molar-refractivity contribution in [3.05, 3.63) is 94.4 Å². The third kappa shape index (κ3) is 5.51. The zero-order valence-electron chi connectivity index (χ0n) is 19.0. The van der Waals surface area contributed by atoms with Gasteiger partial charge in [0.15, 0.2) is 5.82 Å². The second-order valence-electron chi connectivity index (χ2n) is 8.21. The number of nitrogens with zero attached hydrogens (tertiary/aromatic N) is 2. The second-order valence-corrected chi connectivity index (χ2v) is 10.1.